The van der Waals surface area contributed by atoms with E-state index in [0.717, 1.165) is 28.6 Å². The molecule has 2 aromatic rings. The first-order valence-corrected chi connectivity index (χ1v) is 6.56. The van der Waals surface area contributed by atoms with Gasteiger partial charge in [0.15, 0.2) is 0 Å². The fourth-order valence-electron chi connectivity index (χ4n) is 1.50. The van der Waals surface area contributed by atoms with Gasteiger partial charge in [0.05, 0.1) is 28.5 Å². The Balaban J connectivity index is 2.05. The SMILES string of the molecule is CN(C)c1ccc(NCc2cscn2)cc1Cl. The van der Waals surface area contributed by atoms with Crippen LogP contribution in [-0.4, -0.2) is 19.1 Å². The summed E-state index contributed by atoms with van der Waals surface area (Å²) in [5, 5.41) is 6.07. The van der Waals surface area contributed by atoms with Crippen molar-refractivity contribution in [2.45, 2.75) is 6.54 Å². The third-order valence-electron chi connectivity index (χ3n) is 2.39. The quantitative estimate of drug-likeness (QED) is 0.919. The average Bonchev–Trinajstić information content (AvgIpc) is 2.78. The maximum Gasteiger partial charge on any atom is 0.0795 e. The molecule has 1 aromatic carbocycles. The van der Waals surface area contributed by atoms with Crippen molar-refractivity contribution in [3.8, 4) is 0 Å². The summed E-state index contributed by atoms with van der Waals surface area (Å²) in [6.07, 6.45) is 0. The van der Waals surface area contributed by atoms with Crippen LogP contribution in [0.5, 0.6) is 0 Å². The Morgan fingerprint density at radius 3 is 2.82 bits per heavy atom. The van der Waals surface area contributed by atoms with E-state index in [1.807, 2.05) is 48.1 Å². The van der Waals surface area contributed by atoms with Gasteiger partial charge in [0, 0.05) is 25.2 Å². The minimum Gasteiger partial charge on any atom is -0.379 e. The standard InChI is InChI=1S/C12H14ClN3S/c1-16(2)12-4-3-9(5-11(12)13)14-6-10-7-17-8-15-10/h3-5,7-8,14H,6H2,1-2H3. The number of anilines is 2. The molecule has 0 aliphatic carbocycles. The fourth-order valence-corrected chi connectivity index (χ4v) is 2.40. The Hall–Kier alpha value is -1.26. The molecule has 0 fully saturated rings. The number of hydrogen-bond acceptors (Lipinski definition) is 4. The molecule has 5 heteroatoms. The molecule has 1 heterocycles. The van der Waals surface area contributed by atoms with E-state index >= 15 is 0 Å². The summed E-state index contributed by atoms with van der Waals surface area (Å²) in [6.45, 7) is 0.723. The lowest BCUT2D eigenvalue weighted by Gasteiger charge is -2.15. The molecule has 90 valence electrons. The molecule has 3 nitrogen and oxygen atoms in total. The van der Waals surface area contributed by atoms with E-state index in [1.54, 1.807) is 11.3 Å². The summed E-state index contributed by atoms with van der Waals surface area (Å²) in [6, 6.07) is 5.96. The average molecular weight is 268 g/mol. The summed E-state index contributed by atoms with van der Waals surface area (Å²) in [5.41, 5.74) is 4.90. The summed E-state index contributed by atoms with van der Waals surface area (Å²) < 4.78 is 0. The van der Waals surface area contributed by atoms with Gasteiger partial charge in [-0.25, -0.2) is 4.98 Å². The van der Waals surface area contributed by atoms with E-state index in [2.05, 4.69) is 10.3 Å². The smallest absolute Gasteiger partial charge is 0.0795 e. The molecule has 0 atom stereocenters. The molecule has 0 saturated heterocycles. The second-order valence-corrected chi connectivity index (χ2v) is 5.02. The summed E-state index contributed by atoms with van der Waals surface area (Å²) in [7, 11) is 3.95. The van der Waals surface area contributed by atoms with Gasteiger partial charge in [-0.15, -0.1) is 11.3 Å². The van der Waals surface area contributed by atoms with Crippen LogP contribution < -0.4 is 10.2 Å². The number of halogens is 1. The first kappa shape index (κ1) is 12.2. The Labute approximate surface area is 110 Å². The highest BCUT2D eigenvalue weighted by molar-refractivity contribution is 7.07. The summed E-state index contributed by atoms with van der Waals surface area (Å²) in [5.74, 6) is 0. The maximum absolute atomic E-state index is 6.19. The Morgan fingerprint density at radius 2 is 2.24 bits per heavy atom. The zero-order chi connectivity index (χ0) is 12.3. The molecule has 17 heavy (non-hydrogen) atoms. The van der Waals surface area contributed by atoms with Gasteiger partial charge in [-0.3, -0.25) is 0 Å². The van der Waals surface area contributed by atoms with E-state index in [1.165, 1.54) is 0 Å². The molecule has 0 spiro atoms. The minimum atomic E-state index is 0.723. The third-order valence-corrected chi connectivity index (χ3v) is 3.32. The Kier molecular flexibility index (Phi) is 3.86. The van der Waals surface area contributed by atoms with Crippen molar-refractivity contribution in [3.05, 3.63) is 39.8 Å². The van der Waals surface area contributed by atoms with E-state index in [9.17, 15) is 0 Å². The van der Waals surface area contributed by atoms with Gasteiger partial charge in [0.1, 0.15) is 0 Å². The molecule has 0 amide bonds. The van der Waals surface area contributed by atoms with Crippen LogP contribution in [0.4, 0.5) is 11.4 Å². The van der Waals surface area contributed by atoms with Crippen LogP contribution >= 0.6 is 22.9 Å². The predicted molar refractivity (Wildman–Crippen MR) is 75.2 cm³/mol. The molecule has 0 unspecified atom stereocenters. The zero-order valence-corrected chi connectivity index (χ0v) is 11.3. The zero-order valence-electron chi connectivity index (χ0n) is 9.77. The largest absolute Gasteiger partial charge is 0.379 e. The van der Waals surface area contributed by atoms with Crippen LogP contribution in [0.2, 0.25) is 5.02 Å². The van der Waals surface area contributed by atoms with Gasteiger partial charge in [-0.2, -0.15) is 0 Å². The van der Waals surface area contributed by atoms with E-state index in [-0.39, 0.29) is 0 Å². The van der Waals surface area contributed by atoms with E-state index in [0.29, 0.717) is 0 Å². The molecule has 0 saturated carbocycles. The van der Waals surface area contributed by atoms with Gasteiger partial charge in [0.25, 0.3) is 0 Å². The van der Waals surface area contributed by atoms with Crippen LogP contribution in [0, 0.1) is 0 Å². The number of benzene rings is 1. The van der Waals surface area contributed by atoms with Crippen LogP contribution in [0.3, 0.4) is 0 Å². The Bertz CT molecular complexity index is 483. The Morgan fingerprint density at radius 1 is 1.41 bits per heavy atom. The van der Waals surface area contributed by atoms with E-state index < -0.39 is 0 Å². The molecular weight excluding hydrogens is 254 g/mol. The van der Waals surface area contributed by atoms with Crippen LogP contribution in [0.15, 0.2) is 29.1 Å². The van der Waals surface area contributed by atoms with Crippen molar-refractivity contribution in [1.29, 1.82) is 0 Å². The number of nitrogens with one attached hydrogen (secondary N) is 1. The van der Waals surface area contributed by atoms with Gasteiger partial charge in [-0.05, 0) is 18.2 Å². The number of hydrogen-bond donors (Lipinski definition) is 1. The highest BCUT2D eigenvalue weighted by atomic mass is 35.5. The third kappa shape index (κ3) is 3.11. The maximum atomic E-state index is 6.19. The minimum absolute atomic E-state index is 0.723. The normalized spacial score (nSPS) is 10.3. The van der Waals surface area contributed by atoms with Crippen LogP contribution in [-0.2, 0) is 6.54 Å². The van der Waals surface area contributed by atoms with Crippen molar-refractivity contribution < 1.29 is 0 Å². The first-order valence-electron chi connectivity index (χ1n) is 5.24. The topological polar surface area (TPSA) is 28.2 Å². The lowest BCUT2D eigenvalue weighted by molar-refractivity contribution is 1.07. The highest BCUT2D eigenvalue weighted by Gasteiger charge is 2.03. The molecule has 0 radical (unpaired) electrons. The molecule has 0 aliphatic rings. The molecular formula is C12H14ClN3S. The molecule has 1 N–H and O–H groups in total. The van der Waals surface area contributed by atoms with E-state index in [4.69, 9.17) is 11.6 Å². The molecule has 0 bridgehead atoms. The van der Waals surface area contributed by atoms with Gasteiger partial charge in [0.2, 0.25) is 0 Å². The van der Waals surface area contributed by atoms with Crippen molar-refractivity contribution >= 4 is 34.3 Å². The highest BCUT2D eigenvalue weighted by Crippen LogP contribution is 2.27. The van der Waals surface area contributed by atoms with Crippen molar-refractivity contribution in [1.82, 2.24) is 4.98 Å². The lowest BCUT2D eigenvalue weighted by atomic mass is 10.2. The van der Waals surface area contributed by atoms with Crippen molar-refractivity contribution in [2.75, 3.05) is 24.3 Å². The number of rotatable bonds is 4. The van der Waals surface area contributed by atoms with Crippen molar-refractivity contribution in [2.24, 2.45) is 0 Å². The van der Waals surface area contributed by atoms with Gasteiger partial charge in [-0.1, -0.05) is 11.6 Å². The molecule has 1 aromatic heterocycles. The molecule has 0 aliphatic heterocycles. The summed E-state index contributed by atoms with van der Waals surface area (Å²) >= 11 is 7.79. The fraction of sp³-hybridized carbons (Fsp3) is 0.250. The van der Waals surface area contributed by atoms with Crippen LogP contribution in [0.25, 0.3) is 0 Å². The second kappa shape index (κ2) is 5.38. The monoisotopic (exact) mass is 267 g/mol. The lowest BCUT2D eigenvalue weighted by Crippen LogP contribution is -2.09. The number of thiazole rings is 1. The summed E-state index contributed by atoms with van der Waals surface area (Å²) in [4.78, 5) is 6.21. The number of nitrogens with zero attached hydrogens (tertiary/aromatic N) is 2. The second-order valence-electron chi connectivity index (χ2n) is 3.89. The van der Waals surface area contributed by atoms with Crippen LogP contribution in [0.1, 0.15) is 5.69 Å². The van der Waals surface area contributed by atoms with Gasteiger partial charge < -0.3 is 10.2 Å². The van der Waals surface area contributed by atoms with Crippen molar-refractivity contribution in [3.63, 3.8) is 0 Å². The molecule has 2 rings (SSSR count). The van der Waals surface area contributed by atoms with Gasteiger partial charge >= 0.3 is 0 Å². The first-order chi connectivity index (χ1) is 8.16. The predicted octanol–water partition coefficient (Wildman–Crippen LogP) is 3.47. The number of aromatic nitrogens is 1.